The second-order valence-electron chi connectivity index (χ2n) is 3.74. The second-order valence-corrected chi connectivity index (χ2v) is 5.10. The molecule has 0 aromatic rings. The number of carbonyl (C=O) groups is 1. The molecule has 2 aliphatic rings. The molecule has 1 saturated carbocycles. The Bertz CT molecular complexity index is 187. The Morgan fingerprint density at radius 3 is 2.67 bits per heavy atom. The molecule has 3 nitrogen and oxygen atoms in total. The maximum Gasteiger partial charge on any atom is 0.220 e. The van der Waals surface area contributed by atoms with E-state index < -0.39 is 0 Å². The van der Waals surface area contributed by atoms with Crippen molar-refractivity contribution in [3.8, 4) is 0 Å². The molecule has 1 aliphatic carbocycles. The Morgan fingerprint density at radius 1 is 1.50 bits per heavy atom. The molecule has 0 radical (unpaired) electrons. The molecule has 1 saturated heterocycles. The molecule has 0 unspecified atom stereocenters. The maximum atomic E-state index is 11.3. The van der Waals surface area contributed by atoms with E-state index in [1.807, 2.05) is 0 Å². The summed E-state index contributed by atoms with van der Waals surface area (Å²) in [5, 5.41) is 3.03. The van der Waals surface area contributed by atoms with Crippen LogP contribution in [0.25, 0.3) is 0 Å². The molecule has 0 atom stereocenters. The quantitative estimate of drug-likeness (QED) is 0.616. The highest BCUT2D eigenvalue weighted by Crippen LogP contribution is 2.32. The Hall–Kier alpha value is 0.160. The van der Waals surface area contributed by atoms with Gasteiger partial charge in [-0.25, -0.2) is 3.11 Å². The van der Waals surface area contributed by atoms with Crippen LogP contribution in [0.3, 0.4) is 0 Å². The molecule has 0 aromatic heterocycles. The van der Waals surface area contributed by atoms with Crippen molar-refractivity contribution in [3.63, 3.8) is 0 Å². The average molecular weight is 280 g/mol. The van der Waals surface area contributed by atoms with E-state index in [1.54, 1.807) is 0 Å². The predicted molar refractivity (Wildman–Crippen MR) is 54.9 cm³/mol. The van der Waals surface area contributed by atoms with Crippen LogP contribution >= 0.6 is 22.9 Å². The van der Waals surface area contributed by atoms with Crippen molar-refractivity contribution in [2.24, 2.45) is 5.92 Å². The van der Waals surface area contributed by atoms with Gasteiger partial charge < -0.3 is 5.32 Å². The van der Waals surface area contributed by atoms with E-state index >= 15 is 0 Å². The zero-order valence-electron chi connectivity index (χ0n) is 6.92. The van der Waals surface area contributed by atoms with Crippen LogP contribution in [-0.2, 0) is 4.79 Å². The number of nitrogens with one attached hydrogen (secondary N) is 1. The highest BCUT2D eigenvalue weighted by atomic mass is 127. The lowest BCUT2D eigenvalue weighted by Gasteiger charge is -2.34. The molecular weight excluding hydrogens is 267 g/mol. The molecule has 1 aliphatic heterocycles. The molecule has 68 valence electrons. The van der Waals surface area contributed by atoms with Crippen LogP contribution in [0.15, 0.2) is 0 Å². The van der Waals surface area contributed by atoms with Crippen molar-refractivity contribution in [2.75, 3.05) is 13.1 Å². The highest BCUT2D eigenvalue weighted by Gasteiger charge is 2.29. The lowest BCUT2D eigenvalue weighted by molar-refractivity contribution is -0.122. The summed E-state index contributed by atoms with van der Waals surface area (Å²) in [7, 11) is 0. The highest BCUT2D eigenvalue weighted by molar-refractivity contribution is 14.1. The Morgan fingerprint density at radius 2 is 2.17 bits per heavy atom. The molecule has 0 bridgehead atoms. The van der Waals surface area contributed by atoms with E-state index in [0.717, 1.165) is 19.5 Å². The van der Waals surface area contributed by atoms with E-state index in [1.165, 1.54) is 12.8 Å². The van der Waals surface area contributed by atoms with Crippen LogP contribution in [0, 0.1) is 5.92 Å². The van der Waals surface area contributed by atoms with Gasteiger partial charge in [0.2, 0.25) is 5.91 Å². The fraction of sp³-hybridized carbons (Fsp3) is 0.875. The minimum absolute atomic E-state index is 0.256. The monoisotopic (exact) mass is 280 g/mol. The Balaban J connectivity index is 1.62. The van der Waals surface area contributed by atoms with Gasteiger partial charge in [0.25, 0.3) is 0 Å². The van der Waals surface area contributed by atoms with Gasteiger partial charge in [-0.3, -0.25) is 4.79 Å². The number of amides is 1. The molecule has 0 spiro atoms. The minimum atomic E-state index is 0.256. The van der Waals surface area contributed by atoms with Crippen LogP contribution < -0.4 is 5.32 Å². The van der Waals surface area contributed by atoms with Gasteiger partial charge in [-0.2, -0.15) is 0 Å². The summed E-state index contributed by atoms with van der Waals surface area (Å²) >= 11 is 2.27. The Labute approximate surface area is 86.4 Å². The third-order valence-corrected chi connectivity index (χ3v) is 3.16. The normalized spacial score (nSPS) is 25.1. The number of rotatable bonds is 3. The topological polar surface area (TPSA) is 32.3 Å². The summed E-state index contributed by atoms with van der Waals surface area (Å²) in [6, 6.07) is 0.424. The first-order valence-electron chi connectivity index (χ1n) is 4.44. The van der Waals surface area contributed by atoms with Gasteiger partial charge in [0.1, 0.15) is 0 Å². The summed E-state index contributed by atoms with van der Waals surface area (Å²) in [6.07, 6.45) is 3.28. The third kappa shape index (κ3) is 2.32. The fourth-order valence-electron chi connectivity index (χ4n) is 1.39. The second kappa shape index (κ2) is 3.49. The molecule has 12 heavy (non-hydrogen) atoms. The van der Waals surface area contributed by atoms with Gasteiger partial charge in [0.15, 0.2) is 0 Å². The van der Waals surface area contributed by atoms with Gasteiger partial charge in [-0.1, -0.05) is 0 Å². The number of nitrogens with zero attached hydrogens (tertiary/aromatic N) is 1. The Kier molecular flexibility index (Phi) is 2.55. The average Bonchev–Trinajstić information content (AvgIpc) is 2.68. The van der Waals surface area contributed by atoms with Gasteiger partial charge in [0, 0.05) is 42.4 Å². The lowest BCUT2D eigenvalue weighted by atomic mass is 10.1. The zero-order valence-corrected chi connectivity index (χ0v) is 9.08. The fourth-order valence-corrected chi connectivity index (χ4v) is 2.34. The summed E-state index contributed by atoms with van der Waals surface area (Å²) in [6.45, 7) is 2.02. The van der Waals surface area contributed by atoms with Gasteiger partial charge >= 0.3 is 0 Å². The van der Waals surface area contributed by atoms with Crippen molar-refractivity contribution >= 4 is 28.8 Å². The summed E-state index contributed by atoms with van der Waals surface area (Å²) in [5.41, 5.74) is 0. The first-order valence-corrected chi connectivity index (χ1v) is 5.40. The molecule has 0 aromatic carbocycles. The van der Waals surface area contributed by atoms with Gasteiger partial charge in [-0.15, -0.1) is 0 Å². The smallest absolute Gasteiger partial charge is 0.220 e. The number of hydrogen-bond donors (Lipinski definition) is 1. The van der Waals surface area contributed by atoms with E-state index in [4.69, 9.17) is 0 Å². The molecule has 1 heterocycles. The summed E-state index contributed by atoms with van der Waals surface area (Å²) in [4.78, 5) is 11.3. The van der Waals surface area contributed by atoms with E-state index in [0.29, 0.717) is 12.0 Å². The summed E-state index contributed by atoms with van der Waals surface area (Å²) < 4.78 is 2.18. The third-order valence-electron chi connectivity index (χ3n) is 2.37. The van der Waals surface area contributed by atoms with Crippen LogP contribution in [-0.4, -0.2) is 28.2 Å². The van der Waals surface area contributed by atoms with E-state index in [2.05, 4.69) is 31.3 Å². The van der Waals surface area contributed by atoms with Crippen molar-refractivity contribution in [1.82, 2.24) is 8.43 Å². The van der Waals surface area contributed by atoms with E-state index in [9.17, 15) is 4.79 Å². The predicted octanol–water partition coefficient (Wildman–Crippen LogP) is 0.937. The first kappa shape index (κ1) is 8.74. The minimum Gasteiger partial charge on any atom is -0.351 e. The number of halogens is 1. The molecular formula is C8H13IN2O. The zero-order chi connectivity index (χ0) is 8.55. The van der Waals surface area contributed by atoms with Crippen LogP contribution in [0.2, 0.25) is 0 Å². The SMILES string of the molecule is O=C(CC1CC1)NC1CN(I)C1. The lowest BCUT2D eigenvalue weighted by Crippen LogP contribution is -2.55. The van der Waals surface area contributed by atoms with Crippen molar-refractivity contribution in [1.29, 1.82) is 0 Å². The standard InChI is InChI=1S/C8H13IN2O/c9-11-4-7(5-11)10-8(12)3-6-1-2-6/h6-7H,1-5H2,(H,10,12). The molecule has 2 fully saturated rings. The van der Waals surface area contributed by atoms with Crippen molar-refractivity contribution in [3.05, 3.63) is 0 Å². The van der Waals surface area contributed by atoms with Crippen LogP contribution in [0.1, 0.15) is 19.3 Å². The van der Waals surface area contributed by atoms with E-state index in [-0.39, 0.29) is 5.91 Å². The first-order chi connectivity index (χ1) is 5.74. The molecule has 1 amide bonds. The van der Waals surface area contributed by atoms with Gasteiger partial charge in [-0.05, 0) is 18.8 Å². The molecule has 1 N–H and O–H groups in total. The maximum absolute atomic E-state index is 11.3. The molecule has 4 heteroatoms. The van der Waals surface area contributed by atoms with Gasteiger partial charge in [0.05, 0.1) is 6.04 Å². The van der Waals surface area contributed by atoms with Crippen molar-refractivity contribution in [2.45, 2.75) is 25.3 Å². The largest absolute Gasteiger partial charge is 0.351 e. The number of carbonyl (C=O) groups excluding carboxylic acids is 1. The number of hydrogen-bond acceptors (Lipinski definition) is 2. The van der Waals surface area contributed by atoms with Crippen molar-refractivity contribution < 1.29 is 4.79 Å². The summed E-state index contributed by atoms with van der Waals surface area (Å²) in [5.74, 6) is 0.966. The molecule has 2 rings (SSSR count). The van der Waals surface area contributed by atoms with Crippen LogP contribution in [0.4, 0.5) is 0 Å². The van der Waals surface area contributed by atoms with Crippen LogP contribution in [0.5, 0.6) is 0 Å².